The van der Waals surface area contributed by atoms with Crippen LogP contribution >= 0.6 is 11.3 Å². The summed E-state index contributed by atoms with van der Waals surface area (Å²) in [5.41, 5.74) is 0.386. The number of likely N-dealkylation sites (N-methyl/N-ethyl adjacent to an activating group) is 1. The number of piperidine rings is 1. The zero-order valence-corrected chi connectivity index (χ0v) is 14.9. The summed E-state index contributed by atoms with van der Waals surface area (Å²) < 4.78 is 1.83. The van der Waals surface area contributed by atoms with Crippen LogP contribution in [-0.2, 0) is 0 Å². The van der Waals surface area contributed by atoms with Crippen molar-refractivity contribution in [2.75, 3.05) is 33.7 Å². The molecule has 0 aromatic carbocycles. The van der Waals surface area contributed by atoms with Crippen LogP contribution in [0.4, 0.5) is 0 Å². The standard InChI is InChI=1S/C16H24N6OS/c1-21(2)14(15-4-3-9-24-15)10-18-16(23)13-11-22(20-19-13)12-5-7-17-8-6-12/h3-4,9,11-12,14,17H,5-8,10H2,1-2H3,(H,18,23)/t14-/m1/s1. The second kappa shape index (κ2) is 7.87. The molecule has 7 nitrogen and oxygen atoms in total. The van der Waals surface area contributed by atoms with Gasteiger partial charge in [-0.1, -0.05) is 11.3 Å². The lowest BCUT2D eigenvalue weighted by atomic mass is 10.1. The maximum atomic E-state index is 12.4. The van der Waals surface area contributed by atoms with Crippen LogP contribution in [0, 0.1) is 0 Å². The highest BCUT2D eigenvalue weighted by atomic mass is 32.1. The van der Waals surface area contributed by atoms with E-state index in [-0.39, 0.29) is 11.9 Å². The van der Waals surface area contributed by atoms with Gasteiger partial charge in [-0.3, -0.25) is 4.79 Å². The molecule has 0 bridgehead atoms. The highest BCUT2D eigenvalue weighted by molar-refractivity contribution is 7.10. The van der Waals surface area contributed by atoms with Gasteiger partial charge in [0.1, 0.15) is 0 Å². The Balaban J connectivity index is 1.59. The third kappa shape index (κ3) is 4.00. The maximum absolute atomic E-state index is 12.4. The first-order valence-electron chi connectivity index (χ1n) is 8.25. The topological polar surface area (TPSA) is 75.1 Å². The number of carbonyl (C=O) groups is 1. The maximum Gasteiger partial charge on any atom is 0.273 e. The van der Waals surface area contributed by atoms with Crippen LogP contribution in [0.25, 0.3) is 0 Å². The lowest BCUT2D eigenvalue weighted by molar-refractivity contribution is 0.0937. The molecule has 0 saturated carbocycles. The van der Waals surface area contributed by atoms with E-state index in [0.29, 0.717) is 18.3 Å². The summed E-state index contributed by atoms with van der Waals surface area (Å²) in [5, 5.41) is 16.6. The van der Waals surface area contributed by atoms with E-state index in [2.05, 4.69) is 37.3 Å². The second-order valence-corrected chi connectivity index (χ2v) is 7.25. The van der Waals surface area contributed by atoms with E-state index in [4.69, 9.17) is 0 Å². The lowest BCUT2D eigenvalue weighted by Crippen LogP contribution is -2.34. The van der Waals surface area contributed by atoms with Gasteiger partial charge in [0.25, 0.3) is 5.91 Å². The van der Waals surface area contributed by atoms with Gasteiger partial charge in [0.15, 0.2) is 5.69 Å². The van der Waals surface area contributed by atoms with Crippen molar-refractivity contribution in [2.24, 2.45) is 0 Å². The average Bonchev–Trinajstić information content (AvgIpc) is 3.27. The van der Waals surface area contributed by atoms with E-state index in [9.17, 15) is 4.79 Å². The summed E-state index contributed by atoms with van der Waals surface area (Å²) in [6, 6.07) is 4.62. The molecule has 3 heterocycles. The van der Waals surface area contributed by atoms with Crippen LogP contribution in [-0.4, -0.2) is 59.5 Å². The first-order chi connectivity index (χ1) is 11.6. The number of hydrogen-bond donors (Lipinski definition) is 2. The normalized spacial score (nSPS) is 17.1. The minimum absolute atomic E-state index is 0.161. The van der Waals surface area contributed by atoms with Crippen LogP contribution in [0.1, 0.15) is 40.3 Å². The molecular weight excluding hydrogens is 324 g/mol. The van der Waals surface area contributed by atoms with Crippen LogP contribution in [0.2, 0.25) is 0 Å². The Morgan fingerprint density at radius 3 is 2.96 bits per heavy atom. The van der Waals surface area contributed by atoms with Crippen molar-refractivity contribution in [2.45, 2.75) is 24.9 Å². The van der Waals surface area contributed by atoms with Crippen LogP contribution in [0.5, 0.6) is 0 Å². The van der Waals surface area contributed by atoms with Gasteiger partial charge >= 0.3 is 0 Å². The summed E-state index contributed by atoms with van der Waals surface area (Å²) in [6.07, 6.45) is 3.80. The lowest BCUT2D eigenvalue weighted by Gasteiger charge is -2.23. The van der Waals surface area contributed by atoms with Crippen molar-refractivity contribution < 1.29 is 4.79 Å². The van der Waals surface area contributed by atoms with Gasteiger partial charge in [0.2, 0.25) is 0 Å². The number of thiophene rings is 1. The number of rotatable bonds is 6. The molecule has 1 aliphatic heterocycles. The van der Waals surface area contributed by atoms with Crippen molar-refractivity contribution >= 4 is 17.2 Å². The molecule has 1 aliphatic rings. The Kier molecular flexibility index (Phi) is 5.60. The van der Waals surface area contributed by atoms with E-state index in [1.54, 1.807) is 17.5 Å². The zero-order valence-electron chi connectivity index (χ0n) is 14.1. The number of amides is 1. The van der Waals surface area contributed by atoms with E-state index >= 15 is 0 Å². The molecule has 0 spiro atoms. The highest BCUT2D eigenvalue weighted by Gasteiger charge is 2.20. The Hall–Kier alpha value is -1.77. The predicted molar refractivity (Wildman–Crippen MR) is 94.2 cm³/mol. The number of nitrogens with one attached hydrogen (secondary N) is 2. The van der Waals surface area contributed by atoms with E-state index in [1.807, 2.05) is 24.8 Å². The first-order valence-corrected chi connectivity index (χ1v) is 9.13. The van der Waals surface area contributed by atoms with E-state index < -0.39 is 0 Å². The van der Waals surface area contributed by atoms with Crippen LogP contribution in [0.3, 0.4) is 0 Å². The van der Waals surface area contributed by atoms with Gasteiger partial charge in [-0.05, 0) is 51.5 Å². The molecule has 2 aromatic heterocycles. The van der Waals surface area contributed by atoms with Gasteiger partial charge < -0.3 is 15.5 Å². The monoisotopic (exact) mass is 348 g/mol. The third-order valence-corrected chi connectivity index (χ3v) is 5.35. The highest BCUT2D eigenvalue weighted by Crippen LogP contribution is 2.22. The molecule has 1 fully saturated rings. The fourth-order valence-electron chi connectivity index (χ4n) is 2.93. The molecule has 3 rings (SSSR count). The summed E-state index contributed by atoms with van der Waals surface area (Å²) in [4.78, 5) is 15.7. The Morgan fingerprint density at radius 1 is 1.50 bits per heavy atom. The summed E-state index contributed by atoms with van der Waals surface area (Å²) in [7, 11) is 4.04. The Bertz CT molecular complexity index is 647. The van der Waals surface area contributed by atoms with Crippen molar-refractivity contribution in [3.8, 4) is 0 Å². The van der Waals surface area contributed by atoms with Crippen molar-refractivity contribution in [1.82, 2.24) is 30.5 Å². The molecular formula is C16H24N6OS. The third-order valence-electron chi connectivity index (χ3n) is 4.38. The average molecular weight is 348 g/mol. The Labute approximate surface area is 146 Å². The quantitative estimate of drug-likeness (QED) is 0.823. The number of carbonyl (C=O) groups excluding carboxylic acids is 1. The largest absolute Gasteiger partial charge is 0.349 e. The van der Waals surface area contributed by atoms with Crippen molar-refractivity contribution in [1.29, 1.82) is 0 Å². The van der Waals surface area contributed by atoms with Gasteiger partial charge in [-0.2, -0.15) is 0 Å². The minimum Gasteiger partial charge on any atom is -0.349 e. The van der Waals surface area contributed by atoms with Crippen molar-refractivity contribution in [3.63, 3.8) is 0 Å². The smallest absolute Gasteiger partial charge is 0.273 e. The van der Waals surface area contributed by atoms with Gasteiger partial charge in [0, 0.05) is 11.4 Å². The van der Waals surface area contributed by atoms with Gasteiger partial charge in [-0.15, -0.1) is 16.4 Å². The molecule has 1 amide bonds. The molecule has 0 unspecified atom stereocenters. The number of aromatic nitrogens is 3. The fraction of sp³-hybridized carbons (Fsp3) is 0.562. The molecule has 2 N–H and O–H groups in total. The van der Waals surface area contributed by atoms with E-state index in [0.717, 1.165) is 25.9 Å². The molecule has 1 saturated heterocycles. The van der Waals surface area contributed by atoms with Crippen molar-refractivity contribution in [3.05, 3.63) is 34.3 Å². The van der Waals surface area contributed by atoms with Gasteiger partial charge in [-0.25, -0.2) is 4.68 Å². The predicted octanol–water partition coefficient (Wildman–Crippen LogP) is 1.30. The van der Waals surface area contributed by atoms with Gasteiger partial charge in [0.05, 0.1) is 18.3 Å². The van der Waals surface area contributed by atoms with Crippen LogP contribution in [0.15, 0.2) is 23.7 Å². The number of hydrogen-bond acceptors (Lipinski definition) is 6. The minimum atomic E-state index is -0.168. The van der Waals surface area contributed by atoms with E-state index in [1.165, 1.54) is 4.88 Å². The molecule has 24 heavy (non-hydrogen) atoms. The molecule has 1 atom stereocenters. The summed E-state index contributed by atoms with van der Waals surface area (Å²) in [5.74, 6) is -0.168. The fourth-order valence-corrected chi connectivity index (χ4v) is 3.85. The number of nitrogens with zero attached hydrogens (tertiary/aromatic N) is 4. The molecule has 0 aliphatic carbocycles. The zero-order chi connectivity index (χ0) is 16.9. The molecule has 130 valence electrons. The molecule has 0 radical (unpaired) electrons. The SMILES string of the molecule is CN(C)[C@H](CNC(=O)c1cn(C2CCNCC2)nn1)c1cccs1. The second-order valence-electron chi connectivity index (χ2n) is 6.27. The molecule has 8 heteroatoms. The van der Waals surface area contributed by atoms with Crippen LogP contribution < -0.4 is 10.6 Å². The summed E-state index contributed by atoms with van der Waals surface area (Å²) in [6.45, 7) is 2.52. The Morgan fingerprint density at radius 2 is 2.29 bits per heavy atom. The summed E-state index contributed by atoms with van der Waals surface area (Å²) >= 11 is 1.70. The first kappa shape index (κ1) is 17.1. The molecule has 2 aromatic rings.